The molecule has 0 saturated carbocycles. The van der Waals surface area contributed by atoms with E-state index >= 15 is 0 Å². The van der Waals surface area contributed by atoms with Crippen LogP contribution in [0.2, 0.25) is 0 Å². The Morgan fingerprint density at radius 1 is 0.690 bits per heavy atom. The summed E-state index contributed by atoms with van der Waals surface area (Å²) >= 11 is 1.53. The highest BCUT2D eigenvalue weighted by Gasteiger charge is 2.09. The molecule has 4 heteroatoms. The molecular weight excluding hydrogens is 378 g/mol. The first-order chi connectivity index (χ1) is 14.2. The molecule has 0 aliphatic heterocycles. The van der Waals surface area contributed by atoms with E-state index in [0.29, 0.717) is 22.6 Å². The van der Waals surface area contributed by atoms with Gasteiger partial charge in [0.2, 0.25) is 0 Å². The van der Waals surface area contributed by atoms with Gasteiger partial charge in [-0.3, -0.25) is 9.59 Å². The van der Waals surface area contributed by atoms with Crippen molar-refractivity contribution in [3.8, 4) is 0 Å². The lowest BCUT2D eigenvalue weighted by Crippen LogP contribution is -2.11. The number of hydrogen-bond acceptors (Lipinski definition) is 3. The Morgan fingerprint density at radius 2 is 1.38 bits per heavy atom. The maximum atomic E-state index is 12.5. The third kappa shape index (κ3) is 4.73. The van der Waals surface area contributed by atoms with Crippen LogP contribution in [0.25, 0.3) is 10.8 Å². The van der Waals surface area contributed by atoms with Crippen LogP contribution in [0.1, 0.15) is 20.7 Å². The Labute approximate surface area is 173 Å². The highest BCUT2D eigenvalue weighted by atomic mass is 32.2. The molecule has 29 heavy (non-hydrogen) atoms. The van der Waals surface area contributed by atoms with Crippen LogP contribution in [0, 0.1) is 0 Å². The zero-order chi connectivity index (χ0) is 20.1. The van der Waals surface area contributed by atoms with Gasteiger partial charge in [0.15, 0.2) is 5.78 Å². The number of amides is 1. The molecule has 0 fully saturated rings. The predicted molar refractivity (Wildman–Crippen MR) is 120 cm³/mol. The van der Waals surface area contributed by atoms with E-state index in [-0.39, 0.29) is 11.7 Å². The van der Waals surface area contributed by atoms with Gasteiger partial charge < -0.3 is 5.32 Å². The van der Waals surface area contributed by atoms with Crippen LogP contribution in [0.15, 0.2) is 102 Å². The Hall–Kier alpha value is -3.37. The van der Waals surface area contributed by atoms with Gasteiger partial charge in [-0.25, -0.2) is 0 Å². The normalized spacial score (nSPS) is 10.6. The van der Waals surface area contributed by atoms with E-state index in [9.17, 15) is 9.59 Å². The first-order valence-corrected chi connectivity index (χ1v) is 10.3. The topological polar surface area (TPSA) is 46.2 Å². The third-order valence-electron chi connectivity index (χ3n) is 4.59. The van der Waals surface area contributed by atoms with Crippen molar-refractivity contribution in [2.24, 2.45) is 0 Å². The molecule has 0 saturated heterocycles. The average Bonchev–Trinajstić information content (AvgIpc) is 2.78. The summed E-state index contributed by atoms with van der Waals surface area (Å²) in [6.07, 6.45) is 0. The maximum absolute atomic E-state index is 12.5. The Balaban J connectivity index is 1.36. The van der Waals surface area contributed by atoms with Crippen LogP contribution >= 0.6 is 11.8 Å². The minimum Gasteiger partial charge on any atom is -0.322 e. The summed E-state index contributed by atoms with van der Waals surface area (Å²) in [6.45, 7) is 0. The number of anilines is 1. The van der Waals surface area contributed by atoms with E-state index in [4.69, 9.17) is 0 Å². The summed E-state index contributed by atoms with van der Waals surface area (Å²) < 4.78 is 0. The van der Waals surface area contributed by atoms with Gasteiger partial charge in [0.25, 0.3) is 5.91 Å². The summed E-state index contributed by atoms with van der Waals surface area (Å²) in [6, 6.07) is 30.5. The van der Waals surface area contributed by atoms with E-state index in [2.05, 4.69) is 29.6 Å². The van der Waals surface area contributed by atoms with Crippen molar-refractivity contribution in [2.75, 3.05) is 11.1 Å². The second-order valence-electron chi connectivity index (χ2n) is 6.62. The molecule has 0 unspecified atom stereocenters. The molecule has 0 aliphatic carbocycles. The van der Waals surface area contributed by atoms with Crippen molar-refractivity contribution in [3.63, 3.8) is 0 Å². The fraction of sp³-hybridized carbons (Fsp3) is 0.0400. The Kier molecular flexibility index (Phi) is 5.73. The zero-order valence-electron chi connectivity index (χ0n) is 15.7. The summed E-state index contributed by atoms with van der Waals surface area (Å²) in [4.78, 5) is 25.8. The van der Waals surface area contributed by atoms with E-state index in [1.165, 1.54) is 22.5 Å². The molecule has 0 bridgehead atoms. The zero-order valence-corrected chi connectivity index (χ0v) is 16.5. The summed E-state index contributed by atoms with van der Waals surface area (Å²) in [5.41, 5.74) is 1.90. The van der Waals surface area contributed by atoms with Gasteiger partial charge in [0.1, 0.15) is 0 Å². The van der Waals surface area contributed by atoms with Gasteiger partial charge in [-0.2, -0.15) is 0 Å². The number of ketones is 1. The van der Waals surface area contributed by atoms with Crippen LogP contribution < -0.4 is 5.32 Å². The molecule has 1 amide bonds. The number of rotatable bonds is 6. The van der Waals surface area contributed by atoms with Gasteiger partial charge in [-0.15, -0.1) is 11.8 Å². The van der Waals surface area contributed by atoms with E-state index < -0.39 is 0 Å². The first-order valence-electron chi connectivity index (χ1n) is 9.30. The summed E-state index contributed by atoms with van der Waals surface area (Å²) in [5, 5.41) is 5.20. The number of benzene rings is 4. The fourth-order valence-electron chi connectivity index (χ4n) is 3.02. The number of fused-ring (bicyclic) bond motifs is 1. The fourth-order valence-corrected chi connectivity index (χ4v) is 3.86. The highest BCUT2D eigenvalue weighted by Crippen LogP contribution is 2.24. The second-order valence-corrected chi connectivity index (χ2v) is 7.67. The van der Waals surface area contributed by atoms with Crippen molar-refractivity contribution in [3.05, 3.63) is 108 Å². The van der Waals surface area contributed by atoms with E-state index in [0.717, 1.165) is 4.90 Å². The second kappa shape index (κ2) is 8.76. The first kappa shape index (κ1) is 19.0. The van der Waals surface area contributed by atoms with Gasteiger partial charge in [0.05, 0.1) is 5.75 Å². The largest absolute Gasteiger partial charge is 0.322 e. The number of Topliss-reactive ketones (excluding diaryl/α,β-unsaturated/α-hetero) is 1. The van der Waals surface area contributed by atoms with Gasteiger partial charge in [-0.1, -0.05) is 48.5 Å². The van der Waals surface area contributed by atoms with Gasteiger partial charge >= 0.3 is 0 Å². The van der Waals surface area contributed by atoms with Crippen LogP contribution in [-0.4, -0.2) is 17.4 Å². The minimum atomic E-state index is -0.170. The van der Waals surface area contributed by atoms with Crippen LogP contribution in [-0.2, 0) is 0 Å². The number of nitrogens with one attached hydrogen (secondary N) is 1. The monoisotopic (exact) mass is 397 g/mol. The highest BCUT2D eigenvalue weighted by molar-refractivity contribution is 8.00. The van der Waals surface area contributed by atoms with Crippen molar-refractivity contribution in [1.82, 2.24) is 0 Å². The van der Waals surface area contributed by atoms with E-state index in [1.54, 1.807) is 36.4 Å². The summed E-state index contributed by atoms with van der Waals surface area (Å²) in [5.74, 6) is 0.259. The number of hydrogen-bond donors (Lipinski definition) is 1. The number of carbonyl (C=O) groups excluding carboxylic acids is 2. The van der Waals surface area contributed by atoms with Gasteiger partial charge in [-0.05, 0) is 59.3 Å². The van der Waals surface area contributed by atoms with Crippen LogP contribution in [0.5, 0.6) is 0 Å². The molecular formula is C25H19NO2S. The van der Waals surface area contributed by atoms with Crippen molar-refractivity contribution in [1.29, 1.82) is 0 Å². The van der Waals surface area contributed by atoms with Crippen molar-refractivity contribution >= 4 is 39.9 Å². The average molecular weight is 397 g/mol. The van der Waals surface area contributed by atoms with Crippen molar-refractivity contribution < 1.29 is 9.59 Å². The molecule has 0 aliphatic rings. The van der Waals surface area contributed by atoms with Gasteiger partial charge in [0, 0.05) is 21.7 Å². The molecule has 0 radical (unpaired) electrons. The molecule has 4 aromatic carbocycles. The lowest BCUT2D eigenvalue weighted by molar-refractivity contribution is 0.101. The molecule has 0 aromatic heterocycles. The summed E-state index contributed by atoms with van der Waals surface area (Å²) in [7, 11) is 0. The molecule has 3 nitrogen and oxygen atoms in total. The third-order valence-corrected chi connectivity index (χ3v) is 5.59. The standard InChI is InChI=1S/C25H19NO2S/c27-24(17-29-23-15-12-18-6-4-5-9-21(18)16-23)19-10-13-22(14-11-19)26-25(28)20-7-2-1-3-8-20/h1-16H,17H2,(H,26,28). The minimum absolute atomic E-state index is 0.0593. The Bertz CT molecular complexity index is 1150. The van der Waals surface area contributed by atoms with Crippen LogP contribution in [0.3, 0.4) is 0 Å². The van der Waals surface area contributed by atoms with Crippen molar-refractivity contribution in [2.45, 2.75) is 4.90 Å². The lowest BCUT2D eigenvalue weighted by atomic mass is 10.1. The quantitative estimate of drug-likeness (QED) is 0.317. The molecule has 0 heterocycles. The molecule has 4 aromatic rings. The molecule has 1 N–H and O–H groups in total. The molecule has 142 valence electrons. The molecule has 4 rings (SSSR count). The lowest BCUT2D eigenvalue weighted by Gasteiger charge is -2.07. The number of thioether (sulfide) groups is 1. The molecule has 0 spiro atoms. The van der Waals surface area contributed by atoms with E-state index in [1.807, 2.05) is 36.4 Å². The molecule has 0 atom stereocenters. The maximum Gasteiger partial charge on any atom is 0.255 e. The smallest absolute Gasteiger partial charge is 0.255 e. The van der Waals surface area contributed by atoms with Crippen LogP contribution in [0.4, 0.5) is 5.69 Å². The number of carbonyl (C=O) groups is 2. The SMILES string of the molecule is O=C(CSc1ccc2ccccc2c1)c1ccc(NC(=O)c2ccccc2)cc1. The predicted octanol–water partition coefficient (Wildman–Crippen LogP) is 6.07. The Morgan fingerprint density at radius 3 is 2.14 bits per heavy atom.